The van der Waals surface area contributed by atoms with Crippen LogP contribution in [0.15, 0.2) is 58.1 Å². The van der Waals surface area contributed by atoms with E-state index in [1.165, 1.54) is 24.3 Å². The SMILES string of the molecule is CN(C(=O)Nc1ccc(-n2c(=O)[nH]c3ccccc3c2=O)cc1)S(C)(=O)=O. The number of hydrogen-bond acceptors (Lipinski definition) is 5. The van der Waals surface area contributed by atoms with Crippen LogP contribution in [0, 0.1) is 0 Å². The Morgan fingerprint density at radius 2 is 1.70 bits per heavy atom. The first-order valence-electron chi connectivity index (χ1n) is 7.78. The second kappa shape index (κ2) is 6.72. The minimum atomic E-state index is -3.67. The van der Waals surface area contributed by atoms with Crippen molar-refractivity contribution in [2.75, 3.05) is 18.6 Å². The van der Waals surface area contributed by atoms with Gasteiger partial charge in [-0.25, -0.2) is 26.9 Å². The zero-order chi connectivity index (χ0) is 19.8. The summed E-state index contributed by atoms with van der Waals surface area (Å²) in [6.07, 6.45) is 0.911. The van der Waals surface area contributed by atoms with Crippen LogP contribution in [0.3, 0.4) is 0 Å². The molecule has 0 aliphatic rings. The molecule has 0 saturated carbocycles. The summed E-state index contributed by atoms with van der Waals surface area (Å²) < 4.78 is 24.3. The second-order valence-corrected chi connectivity index (χ2v) is 7.84. The molecule has 2 N–H and O–H groups in total. The van der Waals surface area contributed by atoms with Gasteiger partial charge in [0.15, 0.2) is 0 Å². The quantitative estimate of drug-likeness (QED) is 0.696. The molecule has 0 atom stereocenters. The number of aromatic nitrogens is 2. The Kier molecular flexibility index (Phi) is 4.58. The molecule has 0 fully saturated rings. The largest absolute Gasteiger partial charge is 0.335 e. The lowest BCUT2D eigenvalue weighted by atomic mass is 10.2. The van der Waals surface area contributed by atoms with Crippen molar-refractivity contribution in [1.82, 2.24) is 13.9 Å². The maximum absolute atomic E-state index is 12.6. The number of amides is 2. The molecule has 0 radical (unpaired) electrons. The average Bonchev–Trinajstić information content (AvgIpc) is 2.61. The number of para-hydroxylation sites is 1. The molecule has 0 saturated heterocycles. The van der Waals surface area contributed by atoms with E-state index < -0.39 is 27.3 Å². The number of carbonyl (C=O) groups excluding carboxylic acids is 1. The normalized spacial score (nSPS) is 11.3. The lowest BCUT2D eigenvalue weighted by Crippen LogP contribution is -2.35. The number of rotatable bonds is 3. The highest BCUT2D eigenvalue weighted by Crippen LogP contribution is 2.13. The molecule has 27 heavy (non-hydrogen) atoms. The number of sulfonamides is 1. The number of nitrogens with zero attached hydrogens (tertiary/aromatic N) is 2. The third kappa shape index (κ3) is 3.60. The number of benzene rings is 2. The smallest absolute Gasteiger partial charge is 0.307 e. The molecule has 10 heteroatoms. The number of hydrogen-bond donors (Lipinski definition) is 2. The zero-order valence-corrected chi connectivity index (χ0v) is 15.3. The molecule has 140 valence electrons. The summed E-state index contributed by atoms with van der Waals surface area (Å²) in [5.41, 5.74) is -0.00215. The van der Waals surface area contributed by atoms with Gasteiger partial charge in [0, 0.05) is 12.7 Å². The number of aromatic amines is 1. The predicted molar refractivity (Wildman–Crippen MR) is 102 cm³/mol. The highest BCUT2D eigenvalue weighted by atomic mass is 32.2. The number of carbonyl (C=O) groups is 1. The van der Waals surface area contributed by atoms with Gasteiger partial charge in [-0.2, -0.15) is 0 Å². The average molecular weight is 388 g/mol. The van der Waals surface area contributed by atoms with E-state index in [2.05, 4.69) is 10.3 Å². The van der Waals surface area contributed by atoms with E-state index in [-0.39, 0.29) is 0 Å². The summed E-state index contributed by atoms with van der Waals surface area (Å²) in [5, 5.41) is 2.79. The molecule has 0 aliphatic heterocycles. The van der Waals surface area contributed by atoms with Crippen LogP contribution in [0.4, 0.5) is 10.5 Å². The molecule has 2 aromatic carbocycles. The monoisotopic (exact) mass is 388 g/mol. The Morgan fingerprint density at radius 3 is 2.33 bits per heavy atom. The maximum Gasteiger partial charge on any atom is 0.335 e. The van der Waals surface area contributed by atoms with Crippen molar-refractivity contribution in [2.24, 2.45) is 0 Å². The van der Waals surface area contributed by atoms with Crippen LogP contribution in [0.5, 0.6) is 0 Å². The van der Waals surface area contributed by atoms with Crippen LogP contribution >= 0.6 is 0 Å². The van der Waals surface area contributed by atoms with Crippen molar-refractivity contribution in [2.45, 2.75) is 0 Å². The van der Waals surface area contributed by atoms with Crippen molar-refractivity contribution in [3.63, 3.8) is 0 Å². The van der Waals surface area contributed by atoms with E-state index in [0.717, 1.165) is 17.9 Å². The van der Waals surface area contributed by atoms with Gasteiger partial charge in [0.1, 0.15) is 0 Å². The van der Waals surface area contributed by atoms with Crippen LogP contribution in [0.2, 0.25) is 0 Å². The lowest BCUT2D eigenvalue weighted by Gasteiger charge is -2.15. The summed E-state index contributed by atoms with van der Waals surface area (Å²) in [6.45, 7) is 0. The Labute approximate surface area is 153 Å². The van der Waals surface area contributed by atoms with Gasteiger partial charge in [0.25, 0.3) is 5.56 Å². The van der Waals surface area contributed by atoms with Gasteiger partial charge in [-0.05, 0) is 36.4 Å². The van der Waals surface area contributed by atoms with Gasteiger partial charge in [-0.15, -0.1) is 0 Å². The maximum atomic E-state index is 12.6. The third-order valence-corrected chi connectivity index (χ3v) is 5.13. The number of nitrogens with one attached hydrogen (secondary N) is 2. The number of anilines is 1. The second-order valence-electron chi connectivity index (χ2n) is 5.82. The molecule has 9 nitrogen and oxygen atoms in total. The Balaban J connectivity index is 1.95. The van der Waals surface area contributed by atoms with E-state index in [9.17, 15) is 22.8 Å². The number of urea groups is 1. The Bertz CT molecular complexity index is 1240. The van der Waals surface area contributed by atoms with Crippen molar-refractivity contribution in [1.29, 1.82) is 0 Å². The molecule has 2 amide bonds. The third-order valence-electron chi connectivity index (χ3n) is 3.97. The first-order valence-corrected chi connectivity index (χ1v) is 9.63. The molecule has 3 aromatic rings. The molecule has 0 spiro atoms. The van der Waals surface area contributed by atoms with E-state index in [4.69, 9.17) is 0 Å². The molecule has 3 rings (SSSR count). The minimum Gasteiger partial charge on any atom is -0.307 e. The summed E-state index contributed by atoms with van der Waals surface area (Å²) in [5.74, 6) is 0. The lowest BCUT2D eigenvalue weighted by molar-refractivity contribution is 0.241. The van der Waals surface area contributed by atoms with Crippen molar-refractivity contribution in [3.8, 4) is 5.69 Å². The van der Waals surface area contributed by atoms with E-state index in [1.807, 2.05) is 0 Å². The highest BCUT2D eigenvalue weighted by molar-refractivity contribution is 7.88. The molecular weight excluding hydrogens is 372 g/mol. The van der Waals surface area contributed by atoms with Crippen molar-refractivity contribution >= 4 is 32.6 Å². The summed E-state index contributed by atoms with van der Waals surface area (Å²) in [6, 6.07) is 11.7. The van der Waals surface area contributed by atoms with Crippen LogP contribution in [-0.4, -0.2) is 41.6 Å². The fourth-order valence-corrected chi connectivity index (χ4v) is 2.79. The van der Waals surface area contributed by atoms with Gasteiger partial charge in [0.2, 0.25) is 10.0 Å². The molecule has 0 aliphatic carbocycles. The van der Waals surface area contributed by atoms with Crippen LogP contribution in [0.1, 0.15) is 0 Å². The van der Waals surface area contributed by atoms with E-state index >= 15 is 0 Å². The van der Waals surface area contributed by atoms with Crippen LogP contribution in [0.25, 0.3) is 16.6 Å². The molecule has 0 bridgehead atoms. The standard InChI is InChI=1S/C17H16N4O5S/c1-20(27(2,25)26)16(23)18-11-7-9-12(10-8-11)21-15(22)13-5-3-4-6-14(13)19-17(21)24/h3-10H,1-2H3,(H,18,23)(H,19,24). The number of fused-ring (bicyclic) bond motifs is 1. The molecule has 0 unspecified atom stereocenters. The fraction of sp³-hybridized carbons (Fsp3) is 0.118. The summed E-state index contributed by atoms with van der Waals surface area (Å²) in [7, 11) is -2.54. The van der Waals surface area contributed by atoms with E-state index in [0.29, 0.717) is 26.6 Å². The van der Waals surface area contributed by atoms with Gasteiger partial charge in [0.05, 0.1) is 22.8 Å². The van der Waals surface area contributed by atoms with Crippen molar-refractivity contribution < 1.29 is 13.2 Å². The molecule has 1 aromatic heterocycles. The van der Waals surface area contributed by atoms with Gasteiger partial charge in [-0.1, -0.05) is 12.1 Å². The fourth-order valence-electron chi connectivity index (χ4n) is 2.44. The zero-order valence-electron chi connectivity index (χ0n) is 14.5. The number of H-pyrrole nitrogens is 1. The molecule has 1 heterocycles. The van der Waals surface area contributed by atoms with Gasteiger partial charge in [-0.3, -0.25) is 4.79 Å². The summed E-state index contributed by atoms with van der Waals surface area (Å²) in [4.78, 5) is 39.4. The molecular formula is C17H16N4O5S. The van der Waals surface area contributed by atoms with Gasteiger partial charge >= 0.3 is 11.7 Å². The predicted octanol–water partition coefficient (Wildman–Crippen LogP) is 1.10. The summed E-state index contributed by atoms with van der Waals surface area (Å²) >= 11 is 0. The minimum absolute atomic E-state index is 0.307. The topological polar surface area (TPSA) is 121 Å². The van der Waals surface area contributed by atoms with Crippen molar-refractivity contribution in [3.05, 3.63) is 69.4 Å². The Morgan fingerprint density at radius 1 is 1.07 bits per heavy atom. The highest BCUT2D eigenvalue weighted by Gasteiger charge is 2.18. The first kappa shape index (κ1) is 18.4. The van der Waals surface area contributed by atoms with Gasteiger partial charge < -0.3 is 10.3 Å². The van der Waals surface area contributed by atoms with Crippen LogP contribution in [-0.2, 0) is 10.0 Å². The van der Waals surface area contributed by atoms with Crippen LogP contribution < -0.4 is 16.6 Å². The van der Waals surface area contributed by atoms with E-state index in [1.54, 1.807) is 24.3 Å². The Hall–Kier alpha value is -3.40. The first-order chi connectivity index (χ1) is 12.7.